The van der Waals surface area contributed by atoms with Gasteiger partial charge in [-0.1, -0.05) is 18.2 Å². The van der Waals surface area contributed by atoms with Crippen LogP contribution >= 0.6 is 0 Å². The molecule has 2 aromatic carbocycles. The third kappa shape index (κ3) is 4.15. The van der Waals surface area contributed by atoms with Gasteiger partial charge in [-0.25, -0.2) is 17.5 Å². The molecule has 1 fully saturated rings. The second-order valence-electron chi connectivity index (χ2n) is 8.45. The lowest BCUT2D eigenvalue weighted by Gasteiger charge is -2.13. The number of pyridine rings is 1. The summed E-state index contributed by atoms with van der Waals surface area (Å²) in [6, 6.07) is 12.7. The number of nitro groups is 1. The summed E-state index contributed by atoms with van der Waals surface area (Å²) in [7, 11) is -3.96. The maximum Gasteiger partial charge on any atom is 0.282 e. The van der Waals surface area contributed by atoms with Crippen LogP contribution in [-0.2, 0) is 16.6 Å². The van der Waals surface area contributed by atoms with Gasteiger partial charge in [0.15, 0.2) is 0 Å². The van der Waals surface area contributed by atoms with Crippen molar-refractivity contribution < 1.29 is 22.5 Å². The average molecular weight is 511 g/mol. The van der Waals surface area contributed by atoms with Crippen molar-refractivity contribution in [2.45, 2.75) is 24.6 Å². The van der Waals surface area contributed by atoms with E-state index in [9.17, 15) is 32.5 Å². The van der Waals surface area contributed by atoms with E-state index < -0.39 is 37.5 Å². The van der Waals surface area contributed by atoms with Gasteiger partial charge in [0.1, 0.15) is 11.5 Å². The first-order valence-electron chi connectivity index (χ1n) is 11.0. The summed E-state index contributed by atoms with van der Waals surface area (Å²) in [6.07, 6.45) is 2.27. The molecule has 0 aliphatic heterocycles. The molecule has 2 heterocycles. The normalized spacial score (nSPS) is 13.6. The van der Waals surface area contributed by atoms with Crippen LogP contribution in [-0.4, -0.2) is 34.0 Å². The molecule has 0 bridgehead atoms. The van der Waals surface area contributed by atoms with E-state index in [-0.39, 0.29) is 34.6 Å². The number of halogens is 1. The third-order valence-electron chi connectivity index (χ3n) is 6.04. The molecular weight excluding hydrogens is 491 g/mol. The molecule has 0 unspecified atom stereocenters. The number of hydrogen-bond donors (Lipinski definition) is 2. The van der Waals surface area contributed by atoms with E-state index in [2.05, 4.69) is 9.71 Å². The fourth-order valence-corrected chi connectivity index (χ4v) is 5.48. The molecular formula is C24H19FN4O6S. The number of fused-ring (bicyclic) bond motifs is 1. The molecule has 4 aromatic rings. The number of nitrogens with zero attached hydrogens (tertiary/aromatic N) is 2. The summed E-state index contributed by atoms with van der Waals surface area (Å²) in [5.41, 5.74) is -0.426. The number of nitrogens with one attached hydrogen (secondary N) is 2. The highest BCUT2D eigenvalue weighted by Crippen LogP contribution is 2.35. The summed E-state index contributed by atoms with van der Waals surface area (Å²) in [5.74, 6) is -1.73. The van der Waals surface area contributed by atoms with Gasteiger partial charge in [0.2, 0.25) is 10.0 Å². The van der Waals surface area contributed by atoms with Crippen molar-refractivity contribution >= 4 is 32.5 Å². The Morgan fingerprint density at radius 1 is 1.17 bits per heavy atom. The van der Waals surface area contributed by atoms with Gasteiger partial charge in [0.05, 0.1) is 16.7 Å². The number of para-hydroxylation sites is 1. The minimum absolute atomic E-state index is 0.0856. The predicted molar refractivity (Wildman–Crippen MR) is 130 cm³/mol. The first kappa shape index (κ1) is 23.4. The van der Waals surface area contributed by atoms with E-state index in [0.29, 0.717) is 23.7 Å². The standard InChI is InChI=1S/C24H19FN4O6S/c25-19-10-7-15(29(32)33)12-14(19)13-28-20-6-2-1-4-17(20)21(18-5-3-11-26-23(18)30)22(28)24(31)27-36(34,35)16-8-9-16/h1-7,10-12,16H,8-9,13H2,(H,26,30)(H,27,31). The second kappa shape index (κ2) is 8.72. The first-order valence-corrected chi connectivity index (χ1v) is 12.5. The summed E-state index contributed by atoms with van der Waals surface area (Å²) >= 11 is 0. The summed E-state index contributed by atoms with van der Waals surface area (Å²) in [4.78, 5) is 39.4. The van der Waals surface area contributed by atoms with Gasteiger partial charge in [-0.15, -0.1) is 0 Å². The maximum absolute atomic E-state index is 14.7. The Labute approximate surface area is 203 Å². The van der Waals surface area contributed by atoms with E-state index in [1.54, 1.807) is 30.3 Å². The highest BCUT2D eigenvalue weighted by Gasteiger charge is 2.38. The van der Waals surface area contributed by atoms with Crippen molar-refractivity contribution in [2.24, 2.45) is 0 Å². The molecule has 1 aliphatic carbocycles. The lowest BCUT2D eigenvalue weighted by atomic mass is 10.0. The molecule has 184 valence electrons. The SMILES string of the molecule is O=C(NS(=O)(=O)C1CC1)c1c(-c2ccc[nH]c2=O)c2ccccc2n1Cc1cc([N+](=O)[O-])ccc1F. The second-order valence-corrected chi connectivity index (χ2v) is 10.4. The summed E-state index contributed by atoms with van der Waals surface area (Å²) in [5, 5.41) is 11.0. The summed E-state index contributed by atoms with van der Waals surface area (Å²) in [6.45, 7) is -0.328. The van der Waals surface area contributed by atoms with Gasteiger partial charge in [-0.2, -0.15) is 0 Å². The molecule has 12 heteroatoms. The van der Waals surface area contributed by atoms with Crippen LogP contribution in [0.25, 0.3) is 22.0 Å². The number of carbonyl (C=O) groups is 1. The Morgan fingerprint density at radius 3 is 2.61 bits per heavy atom. The zero-order chi connectivity index (χ0) is 25.6. The van der Waals surface area contributed by atoms with Gasteiger partial charge >= 0.3 is 0 Å². The number of benzene rings is 2. The van der Waals surface area contributed by atoms with E-state index in [0.717, 1.165) is 18.2 Å². The van der Waals surface area contributed by atoms with Gasteiger partial charge in [-0.05, 0) is 37.1 Å². The van der Waals surface area contributed by atoms with Gasteiger partial charge < -0.3 is 9.55 Å². The number of hydrogen-bond acceptors (Lipinski definition) is 6. The number of amides is 1. The molecule has 5 rings (SSSR count). The fourth-order valence-electron chi connectivity index (χ4n) is 4.20. The Morgan fingerprint density at radius 2 is 1.92 bits per heavy atom. The van der Waals surface area contributed by atoms with Crippen molar-refractivity contribution in [1.82, 2.24) is 14.3 Å². The van der Waals surface area contributed by atoms with Crippen LogP contribution in [0.2, 0.25) is 0 Å². The first-order chi connectivity index (χ1) is 17.2. The number of aromatic amines is 1. The number of H-pyrrole nitrogens is 1. The van der Waals surface area contributed by atoms with Crippen molar-refractivity contribution in [2.75, 3.05) is 0 Å². The average Bonchev–Trinajstić information content (AvgIpc) is 3.65. The van der Waals surface area contributed by atoms with Crippen LogP contribution < -0.4 is 10.3 Å². The number of carbonyl (C=O) groups excluding carboxylic acids is 1. The molecule has 0 radical (unpaired) electrons. The number of aromatic nitrogens is 2. The van der Waals surface area contributed by atoms with Gasteiger partial charge in [0.25, 0.3) is 17.2 Å². The predicted octanol–water partition coefficient (Wildman–Crippen LogP) is 3.31. The molecule has 1 amide bonds. The summed E-state index contributed by atoms with van der Waals surface area (Å²) < 4.78 is 43.4. The van der Waals surface area contributed by atoms with Crippen LogP contribution in [0.5, 0.6) is 0 Å². The molecule has 2 aromatic heterocycles. The number of sulfonamides is 1. The fraction of sp³-hybridized carbons (Fsp3) is 0.167. The molecule has 0 saturated heterocycles. The lowest BCUT2D eigenvalue weighted by molar-refractivity contribution is -0.385. The zero-order valence-electron chi connectivity index (χ0n) is 18.6. The van der Waals surface area contributed by atoms with Gasteiger partial charge in [-0.3, -0.25) is 19.7 Å². The third-order valence-corrected chi connectivity index (χ3v) is 7.86. The molecule has 36 heavy (non-hydrogen) atoms. The maximum atomic E-state index is 14.7. The van der Waals surface area contributed by atoms with E-state index >= 15 is 0 Å². The largest absolute Gasteiger partial charge is 0.331 e. The Kier molecular flexibility index (Phi) is 5.67. The number of rotatable bonds is 7. The monoisotopic (exact) mass is 510 g/mol. The quantitative estimate of drug-likeness (QED) is 0.288. The molecule has 0 spiro atoms. The minimum atomic E-state index is -3.96. The van der Waals surface area contributed by atoms with Crippen molar-refractivity contribution in [1.29, 1.82) is 0 Å². The number of non-ortho nitro benzene ring substituents is 1. The lowest BCUT2D eigenvalue weighted by Crippen LogP contribution is -2.35. The van der Waals surface area contributed by atoms with Crippen molar-refractivity contribution in [3.63, 3.8) is 0 Å². The van der Waals surface area contributed by atoms with Gasteiger partial charge in [0, 0.05) is 45.9 Å². The Balaban J connectivity index is 1.77. The topological polar surface area (TPSA) is 144 Å². The highest BCUT2D eigenvalue weighted by atomic mass is 32.2. The van der Waals surface area contributed by atoms with Crippen LogP contribution in [0, 0.1) is 15.9 Å². The van der Waals surface area contributed by atoms with Crippen LogP contribution in [0.1, 0.15) is 28.9 Å². The Bertz CT molecular complexity index is 1710. The molecule has 10 nitrogen and oxygen atoms in total. The van der Waals surface area contributed by atoms with Crippen molar-refractivity contribution in [3.8, 4) is 11.1 Å². The zero-order valence-corrected chi connectivity index (χ0v) is 19.4. The molecule has 0 atom stereocenters. The van der Waals surface area contributed by atoms with E-state index in [1.165, 1.54) is 16.8 Å². The van der Waals surface area contributed by atoms with Crippen molar-refractivity contribution in [3.05, 3.63) is 98.3 Å². The van der Waals surface area contributed by atoms with E-state index in [4.69, 9.17) is 0 Å². The number of nitro benzene ring substituents is 1. The molecule has 1 aliphatic rings. The Hall–Kier alpha value is -4.32. The van der Waals surface area contributed by atoms with Crippen LogP contribution in [0.3, 0.4) is 0 Å². The van der Waals surface area contributed by atoms with Crippen LogP contribution in [0.4, 0.5) is 10.1 Å². The smallest absolute Gasteiger partial charge is 0.282 e. The minimum Gasteiger partial charge on any atom is -0.331 e. The highest BCUT2D eigenvalue weighted by molar-refractivity contribution is 7.91. The van der Waals surface area contributed by atoms with Crippen LogP contribution in [0.15, 0.2) is 65.6 Å². The molecule has 1 saturated carbocycles. The molecule has 2 N–H and O–H groups in total. The van der Waals surface area contributed by atoms with E-state index in [1.807, 2.05) is 0 Å².